The van der Waals surface area contributed by atoms with Gasteiger partial charge < -0.3 is 9.88 Å². The van der Waals surface area contributed by atoms with Gasteiger partial charge in [0.2, 0.25) is 0 Å². The lowest BCUT2D eigenvalue weighted by atomic mass is 9.98. The van der Waals surface area contributed by atoms with Crippen molar-refractivity contribution < 1.29 is 0 Å². The van der Waals surface area contributed by atoms with Crippen molar-refractivity contribution in [1.29, 1.82) is 0 Å². The van der Waals surface area contributed by atoms with Crippen LogP contribution in [0.2, 0.25) is 0 Å². The second-order valence-electron chi connectivity index (χ2n) is 5.05. The SMILES string of the molecule is C[C@@H]1CNC[C@H]1CN(C)Cc1nccn1C. The summed E-state index contributed by atoms with van der Waals surface area (Å²) < 4.78 is 2.09. The third-order valence-electron chi connectivity index (χ3n) is 3.56. The molecule has 0 spiro atoms. The highest BCUT2D eigenvalue weighted by Gasteiger charge is 2.24. The van der Waals surface area contributed by atoms with E-state index in [1.165, 1.54) is 6.54 Å². The van der Waals surface area contributed by atoms with Gasteiger partial charge in [-0.2, -0.15) is 0 Å². The number of nitrogens with one attached hydrogen (secondary N) is 1. The summed E-state index contributed by atoms with van der Waals surface area (Å²) in [5.41, 5.74) is 0. The minimum absolute atomic E-state index is 0.783. The van der Waals surface area contributed by atoms with Gasteiger partial charge in [0.15, 0.2) is 0 Å². The minimum atomic E-state index is 0.783. The average molecular weight is 222 g/mol. The molecule has 0 aliphatic carbocycles. The Morgan fingerprint density at radius 1 is 1.56 bits per heavy atom. The average Bonchev–Trinajstić information content (AvgIpc) is 2.79. The van der Waals surface area contributed by atoms with Crippen LogP contribution in [0.3, 0.4) is 0 Å². The topological polar surface area (TPSA) is 33.1 Å². The monoisotopic (exact) mass is 222 g/mol. The Morgan fingerprint density at radius 3 is 2.94 bits per heavy atom. The lowest BCUT2D eigenvalue weighted by Gasteiger charge is -2.22. The van der Waals surface area contributed by atoms with E-state index in [9.17, 15) is 0 Å². The van der Waals surface area contributed by atoms with E-state index in [4.69, 9.17) is 0 Å². The van der Waals surface area contributed by atoms with Gasteiger partial charge in [0.05, 0.1) is 6.54 Å². The van der Waals surface area contributed by atoms with Crippen molar-refractivity contribution in [1.82, 2.24) is 19.8 Å². The van der Waals surface area contributed by atoms with Gasteiger partial charge in [0.1, 0.15) is 5.82 Å². The third kappa shape index (κ3) is 2.62. The predicted octanol–water partition coefficient (Wildman–Crippen LogP) is 0.707. The van der Waals surface area contributed by atoms with Gasteiger partial charge in [-0.05, 0) is 32.0 Å². The number of aryl methyl sites for hydroxylation is 1. The number of rotatable bonds is 4. The fourth-order valence-corrected chi connectivity index (χ4v) is 2.36. The van der Waals surface area contributed by atoms with Crippen molar-refractivity contribution in [2.75, 3.05) is 26.7 Å². The van der Waals surface area contributed by atoms with Crippen molar-refractivity contribution in [2.24, 2.45) is 18.9 Å². The first-order valence-corrected chi connectivity index (χ1v) is 6.02. The van der Waals surface area contributed by atoms with Crippen LogP contribution in [0, 0.1) is 11.8 Å². The molecular weight excluding hydrogens is 200 g/mol. The summed E-state index contributed by atoms with van der Waals surface area (Å²) in [5, 5.41) is 3.45. The van der Waals surface area contributed by atoms with E-state index in [0.717, 1.165) is 37.3 Å². The van der Waals surface area contributed by atoms with Gasteiger partial charge in [-0.15, -0.1) is 0 Å². The number of hydrogen-bond acceptors (Lipinski definition) is 3. The molecule has 0 amide bonds. The zero-order valence-corrected chi connectivity index (χ0v) is 10.5. The van der Waals surface area contributed by atoms with Gasteiger partial charge in [-0.25, -0.2) is 4.98 Å². The molecule has 2 heterocycles. The molecule has 4 nitrogen and oxygen atoms in total. The van der Waals surface area contributed by atoms with Crippen LogP contribution in [-0.4, -0.2) is 41.1 Å². The normalized spacial score (nSPS) is 25.5. The standard InChI is InChI=1S/C12H22N4/c1-10-6-13-7-11(10)8-15(2)9-12-14-4-5-16(12)3/h4-5,10-11,13H,6-9H2,1-3H3/t10-,11+/m1/s1. The van der Waals surface area contributed by atoms with Crippen LogP contribution in [0.4, 0.5) is 0 Å². The van der Waals surface area contributed by atoms with Crippen LogP contribution in [0.1, 0.15) is 12.7 Å². The summed E-state index contributed by atoms with van der Waals surface area (Å²) in [7, 11) is 4.23. The number of hydrogen-bond donors (Lipinski definition) is 1. The molecule has 0 bridgehead atoms. The Bertz CT molecular complexity index is 334. The Labute approximate surface area is 97.7 Å². The Balaban J connectivity index is 1.84. The molecule has 1 aliphatic heterocycles. The Kier molecular flexibility index (Phi) is 3.61. The Hall–Kier alpha value is -0.870. The molecule has 0 unspecified atom stereocenters. The highest BCUT2D eigenvalue weighted by molar-refractivity contribution is 4.91. The molecule has 1 N–H and O–H groups in total. The van der Waals surface area contributed by atoms with Gasteiger partial charge in [0, 0.05) is 26.0 Å². The zero-order valence-electron chi connectivity index (χ0n) is 10.5. The maximum atomic E-state index is 4.36. The van der Waals surface area contributed by atoms with Crippen LogP contribution < -0.4 is 5.32 Å². The molecule has 1 fully saturated rings. The molecule has 1 aliphatic rings. The quantitative estimate of drug-likeness (QED) is 0.814. The number of aromatic nitrogens is 2. The van der Waals surface area contributed by atoms with E-state index in [2.05, 4.69) is 40.8 Å². The maximum Gasteiger partial charge on any atom is 0.122 e. The summed E-state index contributed by atoms with van der Waals surface area (Å²) >= 11 is 0. The highest BCUT2D eigenvalue weighted by atomic mass is 15.2. The van der Waals surface area contributed by atoms with Crippen molar-refractivity contribution in [3.05, 3.63) is 18.2 Å². The van der Waals surface area contributed by atoms with E-state index in [1.54, 1.807) is 0 Å². The van der Waals surface area contributed by atoms with E-state index in [0.29, 0.717) is 0 Å². The molecule has 2 atom stereocenters. The molecule has 0 radical (unpaired) electrons. The van der Waals surface area contributed by atoms with Crippen molar-refractivity contribution in [3.63, 3.8) is 0 Å². The second-order valence-corrected chi connectivity index (χ2v) is 5.05. The van der Waals surface area contributed by atoms with Gasteiger partial charge >= 0.3 is 0 Å². The molecule has 0 aromatic carbocycles. The minimum Gasteiger partial charge on any atom is -0.337 e. The molecule has 4 heteroatoms. The molecule has 16 heavy (non-hydrogen) atoms. The van der Waals surface area contributed by atoms with E-state index in [1.807, 2.05) is 12.4 Å². The summed E-state index contributed by atoms with van der Waals surface area (Å²) in [6.07, 6.45) is 3.87. The third-order valence-corrected chi connectivity index (χ3v) is 3.56. The van der Waals surface area contributed by atoms with Crippen LogP contribution in [0.5, 0.6) is 0 Å². The molecule has 90 valence electrons. The van der Waals surface area contributed by atoms with Crippen LogP contribution in [-0.2, 0) is 13.6 Å². The van der Waals surface area contributed by atoms with Gasteiger partial charge in [-0.1, -0.05) is 6.92 Å². The van der Waals surface area contributed by atoms with Crippen LogP contribution in [0.25, 0.3) is 0 Å². The van der Waals surface area contributed by atoms with Crippen molar-refractivity contribution in [3.8, 4) is 0 Å². The second kappa shape index (κ2) is 4.97. The molecule has 2 rings (SSSR count). The number of imidazole rings is 1. The number of nitrogens with zero attached hydrogens (tertiary/aromatic N) is 3. The van der Waals surface area contributed by atoms with Crippen LogP contribution in [0.15, 0.2) is 12.4 Å². The molecular formula is C12H22N4. The highest BCUT2D eigenvalue weighted by Crippen LogP contribution is 2.17. The van der Waals surface area contributed by atoms with Crippen molar-refractivity contribution >= 4 is 0 Å². The fourth-order valence-electron chi connectivity index (χ4n) is 2.36. The van der Waals surface area contributed by atoms with Crippen molar-refractivity contribution in [2.45, 2.75) is 13.5 Å². The van der Waals surface area contributed by atoms with Crippen LogP contribution >= 0.6 is 0 Å². The zero-order chi connectivity index (χ0) is 11.5. The lowest BCUT2D eigenvalue weighted by molar-refractivity contribution is 0.246. The predicted molar refractivity (Wildman–Crippen MR) is 65.1 cm³/mol. The van der Waals surface area contributed by atoms with E-state index >= 15 is 0 Å². The smallest absolute Gasteiger partial charge is 0.122 e. The van der Waals surface area contributed by atoms with Gasteiger partial charge in [-0.3, -0.25) is 4.90 Å². The first-order valence-electron chi connectivity index (χ1n) is 6.02. The maximum absolute atomic E-state index is 4.36. The van der Waals surface area contributed by atoms with E-state index in [-0.39, 0.29) is 0 Å². The Morgan fingerprint density at radius 2 is 2.38 bits per heavy atom. The molecule has 1 saturated heterocycles. The summed E-state index contributed by atoms with van der Waals surface area (Å²) in [6, 6.07) is 0. The lowest BCUT2D eigenvalue weighted by Crippen LogP contribution is -2.29. The molecule has 1 aromatic heterocycles. The fraction of sp³-hybridized carbons (Fsp3) is 0.750. The first kappa shape index (κ1) is 11.6. The molecule has 0 saturated carbocycles. The summed E-state index contributed by atoms with van der Waals surface area (Å²) in [4.78, 5) is 6.73. The summed E-state index contributed by atoms with van der Waals surface area (Å²) in [5.74, 6) is 2.72. The molecule has 1 aromatic rings. The van der Waals surface area contributed by atoms with E-state index < -0.39 is 0 Å². The van der Waals surface area contributed by atoms with Gasteiger partial charge in [0.25, 0.3) is 0 Å². The largest absolute Gasteiger partial charge is 0.337 e. The summed E-state index contributed by atoms with van der Waals surface area (Å²) in [6.45, 7) is 6.75. The first-order chi connectivity index (χ1) is 7.66.